The summed E-state index contributed by atoms with van der Waals surface area (Å²) in [5.74, 6) is 1.29. The highest BCUT2D eigenvalue weighted by Gasteiger charge is 2.27. The summed E-state index contributed by atoms with van der Waals surface area (Å²) < 4.78 is 5.51. The predicted molar refractivity (Wildman–Crippen MR) is 111 cm³/mol. The second kappa shape index (κ2) is 8.97. The molecule has 2 aromatic heterocycles. The molecule has 148 valence electrons. The van der Waals surface area contributed by atoms with E-state index in [4.69, 9.17) is 4.74 Å². The van der Waals surface area contributed by atoms with Crippen molar-refractivity contribution in [2.24, 2.45) is 5.92 Å². The molecule has 1 N–H and O–H groups in total. The number of aryl methyl sites for hydroxylation is 2. The summed E-state index contributed by atoms with van der Waals surface area (Å²) >= 11 is 1.72. The van der Waals surface area contributed by atoms with Gasteiger partial charge in [-0.15, -0.1) is 11.3 Å². The molecule has 1 amide bonds. The first-order valence-corrected chi connectivity index (χ1v) is 10.6. The van der Waals surface area contributed by atoms with Crippen molar-refractivity contribution in [1.29, 1.82) is 0 Å². The fraction of sp³-hybridized carbons (Fsp3) is 0.650. The first kappa shape index (κ1) is 20.0. The molecule has 1 saturated heterocycles. The van der Waals surface area contributed by atoms with Crippen LogP contribution in [0.1, 0.15) is 43.6 Å². The van der Waals surface area contributed by atoms with Crippen LogP contribution >= 0.6 is 11.3 Å². The van der Waals surface area contributed by atoms with Crippen LogP contribution in [0.3, 0.4) is 0 Å². The minimum Gasteiger partial charge on any atom is -0.379 e. The highest BCUT2D eigenvalue weighted by atomic mass is 32.1. The number of amides is 1. The van der Waals surface area contributed by atoms with Crippen LogP contribution in [0, 0.1) is 19.8 Å². The number of carbonyl (C=O) groups excluding carboxylic acids is 1. The Labute approximate surface area is 165 Å². The predicted octanol–water partition coefficient (Wildman–Crippen LogP) is 3.46. The van der Waals surface area contributed by atoms with Gasteiger partial charge in [0.15, 0.2) is 0 Å². The topological polar surface area (TPSA) is 67.4 Å². The van der Waals surface area contributed by atoms with Crippen molar-refractivity contribution < 1.29 is 9.53 Å². The minimum absolute atomic E-state index is 0.0925. The minimum atomic E-state index is 0.0925. The lowest BCUT2D eigenvalue weighted by Crippen LogP contribution is -2.41. The summed E-state index contributed by atoms with van der Waals surface area (Å²) in [6.45, 7) is 11.4. The molecule has 1 fully saturated rings. The molecule has 0 unspecified atom stereocenters. The van der Waals surface area contributed by atoms with Crippen LogP contribution in [0.15, 0.2) is 6.33 Å². The number of fused-ring (bicyclic) bond motifs is 1. The van der Waals surface area contributed by atoms with Crippen LogP contribution in [-0.4, -0.2) is 48.2 Å². The Hall–Kier alpha value is -1.73. The molecule has 3 rings (SSSR count). The zero-order chi connectivity index (χ0) is 19.4. The van der Waals surface area contributed by atoms with E-state index >= 15 is 0 Å². The van der Waals surface area contributed by atoms with E-state index in [2.05, 4.69) is 34.0 Å². The monoisotopic (exact) mass is 390 g/mol. The van der Waals surface area contributed by atoms with Crippen molar-refractivity contribution in [3.8, 4) is 0 Å². The van der Waals surface area contributed by atoms with Crippen molar-refractivity contribution in [3.05, 3.63) is 16.8 Å². The Bertz CT molecular complexity index is 782. The van der Waals surface area contributed by atoms with Crippen molar-refractivity contribution in [2.45, 2.75) is 53.1 Å². The van der Waals surface area contributed by atoms with Gasteiger partial charge in [0.05, 0.1) is 11.5 Å². The summed E-state index contributed by atoms with van der Waals surface area (Å²) in [6.07, 6.45) is 4.49. The molecular formula is C20H30N4O2S. The lowest BCUT2D eigenvalue weighted by molar-refractivity contribution is -0.125. The molecular weight excluding hydrogens is 360 g/mol. The quantitative estimate of drug-likeness (QED) is 0.734. The molecule has 0 bridgehead atoms. The van der Waals surface area contributed by atoms with Gasteiger partial charge < -0.3 is 15.0 Å². The number of carbonyl (C=O) groups is 1. The first-order chi connectivity index (χ1) is 13.0. The van der Waals surface area contributed by atoms with Gasteiger partial charge in [-0.1, -0.05) is 0 Å². The van der Waals surface area contributed by atoms with Crippen molar-refractivity contribution >= 4 is 33.3 Å². The lowest BCUT2D eigenvalue weighted by Gasteiger charge is -2.32. The van der Waals surface area contributed by atoms with Crippen LogP contribution in [0.25, 0.3) is 10.2 Å². The number of anilines is 1. The van der Waals surface area contributed by atoms with Crippen LogP contribution in [0.2, 0.25) is 0 Å². The van der Waals surface area contributed by atoms with Gasteiger partial charge in [-0.05, 0) is 52.5 Å². The van der Waals surface area contributed by atoms with Gasteiger partial charge in [0.1, 0.15) is 17.0 Å². The maximum Gasteiger partial charge on any atom is 0.223 e. The molecule has 27 heavy (non-hydrogen) atoms. The Morgan fingerprint density at radius 3 is 2.78 bits per heavy atom. The molecule has 0 aromatic carbocycles. The average Bonchev–Trinajstić information content (AvgIpc) is 2.95. The van der Waals surface area contributed by atoms with E-state index in [1.54, 1.807) is 17.7 Å². The van der Waals surface area contributed by atoms with E-state index in [1.807, 2.05) is 13.8 Å². The van der Waals surface area contributed by atoms with E-state index in [9.17, 15) is 4.79 Å². The number of hydrogen-bond acceptors (Lipinski definition) is 6. The summed E-state index contributed by atoms with van der Waals surface area (Å²) in [6, 6.07) is 0. The number of nitrogens with zero attached hydrogens (tertiary/aromatic N) is 3. The highest BCUT2D eigenvalue weighted by Crippen LogP contribution is 2.35. The van der Waals surface area contributed by atoms with Crippen LogP contribution < -0.4 is 10.2 Å². The summed E-state index contributed by atoms with van der Waals surface area (Å²) in [5.41, 5.74) is 1.27. The third-order valence-electron chi connectivity index (χ3n) is 5.18. The standard InChI is InChI=1S/C20H30N4O2S/c1-13(2)26-11-5-8-21-19(25)16-6-9-24(10-7-16)18-17-14(3)15(4)27-20(17)23-12-22-18/h12-13,16H,5-11H2,1-4H3,(H,21,25). The van der Waals surface area contributed by atoms with Crippen LogP contribution in [-0.2, 0) is 9.53 Å². The van der Waals surface area contributed by atoms with Gasteiger partial charge in [0, 0.05) is 37.0 Å². The fourth-order valence-corrected chi connectivity index (χ4v) is 4.50. The largest absolute Gasteiger partial charge is 0.379 e. The Morgan fingerprint density at radius 2 is 2.07 bits per heavy atom. The third-order valence-corrected chi connectivity index (χ3v) is 6.30. The number of ether oxygens (including phenoxy) is 1. The molecule has 6 nitrogen and oxygen atoms in total. The summed E-state index contributed by atoms with van der Waals surface area (Å²) in [4.78, 5) is 26.1. The Balaban J connectivity index is 1.53. The zero-order valence-corrected chi connectivity index (χ0v) is 17.6. The number of rotatable bonds is 7. The lowest BCUT2D eigenvalue weighted by atomic mass is 9.95. The first-order valence-electron chi connectivity index (χ1n) is 9.82. The molecule has 2 aromatic rings. The summed E-state index contributed by atoms with van der Waals surface area (Å²) in [7, 11) is 0. The molecule has 0 atom stereocenters. The second-order valence-electron chi connectivity index (χ2n) is 7.49. The molecule has 0 saturated carbocycles. The number of thiophene rings is 1. The van der Waals surface area contributed by atoms with E-state index in [0.717, 1.165) is 43.0 Å². The highest BCUT2D eigenvalue weighted by molar-refractivity contribution is 7.18. The zero-order valence-electron chi connectivity index (χ0n) is 16.7. The van der Waals surface area contributed by atoms with E-state index < -0.39 is 0 Å². The fourth-order valence-electron chi connectivity index (χ4n) is 3.50. The molecule has 7 heteroatoms. The number of piperidine rings is 1. The van der Waals surface area contributed by atoms with Gasteiger partial charge in [0.25, 0.3) is 0 Å². The van der Waals surface area contributed by atoms with Gasteiger partial charge in [0.2, 0.25) is 5.91 Å². The van der Waals surface area contributed by atoms with Gasteiger partial charge >= 0.3 is 0 Å². The number of hydrogen-bond donors (Lipinski definition) is 1. The summed E-state index contributed by atoms with van der Waals surface area (Å²) in [5, 5.41) is 4.24. The smallest absolute Gasteiger partial charge is 0.223 e. The molecule has 3 heterocycles. The molecule has 0 spiro atoms. The van der Waals surface area contributed by atoms with Crippen LogP contribution in [0.5, 0.6) is 0 Å². The van der Waals surface area contributed by atoms with Crippen molar-refractivity contribution in [1.82, 2.24) is 15.3 Å². The van der Waals surface area contributed by atoms with Gasteiger partial charge in [-0.2, -0.15) is 0 Å². The molecule has 0 radical (unpaired) electrons. The molecule has 1 aliphatic rings. The SMILES string of the molecule is Cc1sc2ncnc(N3CCC(C(=O)NCCCOC(C)C)CC3)c2c1C. The van der Waals surface area contributed by atoms with Gasteiger partial charge in [-0.25, -0.2) is 9.97 Å². The Kier molecular flexibility index (Phi) is 6.65. The number of aromatic nitrogens is 2. The molecule has 1 aliphatic heterocycles. The maximum atomic E-state index is 12.4. The third kappa shape index (κ3) is 4.76. The van der Waals surface area contributed by atoms with Crippen molar-refractivity contribution in [2.75, 3.05) is 31.1 Å². The second-order valence-corrected chi connectivity index (χ2v) is 8.69. The van der Waals surface area contributed by atoms with Crippen molar-refractivity contribution in [3.63, 3.8) is 0 Å². The maximum absolute atomic E-state index is 12.4. The van der Waals surface area contributed by atoms with E-state index in [0.29, 0.717) is 13.2 Å². The average molecular weight is 391 g/mol. The van der Waals surface area contributed by atoms with E-state index in [1.165, 1.54) is 15.8 Å². The number of nitrogens with one attached hydrogen (secondary N) is 1. The van der Waals surface area contributed by atoms with Gasteiger partial charge in [-0.3, -0.25) is 4.79 Å². The Morgan fingerprint density at radius 1 is 1.33 bits per heavy atom. The van der Waals surface area contributed by atoms with Crippen LogP contribution in [0.4, 0.5) is 5.82 Å². The normalized spacial score (nSPS) is 15.7. The molecule has 0 aliphatic carbocycles. The van der Waals surface area contributed by atoms with E-state index in [-0.39, 0.29) is 17.9 Å².